The van der Waals surface area contributed by atoms with E-state index >= 15 is 0 Å². The highest BCUT2D eigenvalue weighted by Crippen LogP contribution is 2.33. The van der Waals surface area contributed by atoms with Gasteiger partial charge in [0.1, 0.15) is 12.4 Å². The van der Waals surface area contributed by atoms with Crippen LogP contribution in [0.5, 0.6) is 0 Å². The zero-order valence-corrected chi connectivity index (χ0v) is 17.6. The lowest BCUT2D eigenvalue weighted by molar-refractivity contribution is -0.139. The maximum Gasteiger partial charge on any atom is 0.320 e. The van der Waals surface area contributed by atoms with E-state index in [2.05, 4.69) is 5.32 Å². The third-order valence-electron chi connectivity index (χ3n) is 6.37. The number of carbonyl (C=O) groups is 2. The van der Waals surface area contributed by atoms with Crippen molar-refractivity contribution in [1.29, 1.82) is 0 Å². The summed E-state index contributed by atoms with van der Waals surface area (Å²) in [6, 6.07) is 12.3. The molecule has 3 saturated heterocycles. The van der Waals surface area contributed by atoms with Gasteiger partial charge in [-0.25, -0.2) is 9.18 Å². The quantitative estimate of drug-likeness (QED) is 0.775. The minimum absolute atomic E-state index is 0.000913. The Morgan fingerprint density at radius 1 is 1.10 bits per heavy atom. The molecule has 2 unspecified atom stereocenters. The van der Waals surface area contributed by atoms with Crippen LogP contribution in [-0.4, -0.2) is 66.7 Å². The lowest BCUT2D eigenvalue weighted by Crippen LogP contribution is -2.63. The monoisotopic (exact) mass is 443 g/mol. The van der Waals surface area contributed by atoms with Crippen LogP contribution >= 0.6 is 11.6 Å². The van der Waals surface area contributed by atoms with Crippen molar-refractivity contribution in [3.8, 4) is 11.1 Å². The summed E-state index contributed by atoms with van der Waals surface area (Å²) < 4.78 is 18.8. The van der Waals surface area contributed by atoms with Crippen LogP contribution in [0.1, 0.15) is 17.9 Å². The number of rotatable bonds is 2. The molecular weight excluding hydrogens is 421 g/mol. The normalized spacial score (nSPS) is 23.7. The summed E-state index contributed by atoms with van der Waals surface area (Å²) >= 11 is 6.16. The van der Waals surface area contributed by atoms with Gasteiger partial charge in [0.2, 0.25) is 5.91 Å². The number of urea groups is 1. The molecule has 0 spiro atoms. The van der Waals surface area contributed by atoms with Crippen molar-refractivity contribution in [3.05, 3.63) is 58.9 Å². The zero-order chi connectivity index (χ0) is 21.5. The lowest BCUT2D eigenvalue weighted by Gasteiger charge is -2.46. The molecular formula is C23H23ClFN3O3. The van der Waals surface area contributed by atoms with E-state index in [1.165, 1.54) is 12.1 Å². The van der Waals surface area contributed by atoms with Crippen LogP contribution in [0, 0.1) is 5.82 Å². The summed E-state index contributed by atoms with van der Waals surface area (Å²) in [6.07, 6.45) is 0.737. The Morgan fingerprint density at radius 3 is 2.61 bits per heavy atom. The van der Waals surface area contributed by atoms with Gasteiger partial charge >= 0.3 is 6.03 Å². The average molecular weight is 444 g/mol. The van der Waals surface area contributed by atoms with E-state index in [1.54, 1.807) is 6.07 Å². The highest BCUT2D eigenvalue weighted by molar-refractivity contribution is 6.33. The molecule has 162 valence electrons. The highest BCUT2D eigenvalue weighted by Gasteiger charge is 2.40. The first kappa shape index (κ1) is 20.3. The van der Waals surface area contributed by atoms with Gasteiger partial charge in [0.05, 0.1) is 17.2 Å². The second-order valence-electron chi connectivity index (χ2n) is 8.39. The van der Waals surface area contributed by atoms with Crippen molar-refractivity contribution >= 4 is 23.5 Å². The van der Waals surface area contributed by atoms with Crippen molar-refractivity contribution in [2.45, 2.75) is 24.5 Å². The van der Waals surface area contributed by atoms with Crippen LogP contribution < -0.4 is 5.32 Å². The summed E-state index contributed by atoms with van der Waals surface area (Å²) in [5, 5.41) is 3.32. The molecule has 2 atom stereocenters. The Hall–Kier alpha value is -2.64. The summed E-state index contributed by atoms with van der Waals surface area (Å²) in [5.41, 5.74) is 2.89. The molecule has 1 N–H and O–H groups in total. The molecule has 3 aliphatic rings. The van der Waals surface area contributed by atoms with Crippen LogP contribution in [0.15, 0.2) is 42.5 Å². The first-order valence-corrected chi connectivity index (χ1v) is 10.9. The fourth-order valence-electron chi connectivity index (χ4n) is 4.58. The van der Waals surface area contributed by atoms with Crippen molar-refractivity contribution in [2.24, 2.45) is 0 Å². The number of piperidine rings is 1. The Kier molecular flexibility index (Phi) is 5.32. The van der Waals surface area contributed by atoms with Gasteiger partial charge in [-0.3, -0.25) is 4.79 Å². The van der Waals surface area contributed by atoms with Gasteiger partial charge in [-0.15, -0.1) is 0 Å². The molecule has 0 radical (unpaired) electrons. The predicted octanol–water partition coefficient (Wildman–Crippen LogP) is 3.25. The largest absolute Gasteiger partial charge is 0.366 e. The molecule has 3 heterocycles. The lowest BCUT2D eigenvalue weighted by atomic mass is 9.90. The van der Waals surface area contributed by atoms with Crippen molar-refractivity contribution in [1.82, 2.24) is 15.1 Å². The number of morpholine rings is 1. The van der Waals surface area contributed by atoms with Gasteiger partial charge in [-0.2, -0.15) is 0 Å². The van der Waals surface area contributed by atoms with Gasteiger partial charge < -0.3 is 19.9 Å². The SMILES string of the molecule is O=C1COC2CCN(C(=O)N3CC(c4ccc(-c5ccc(F)cc5Cl)cc4)C3)CC2N1. The smallest absolute Gasteiger partial charge is 0.320 e. The fourth-order valence-corrected chi connectivity index (χ4v) is 4.85. The summed E-state index contributed by atoms with van der Waals surface area (Å²) in [6.45, 7) is 2.58. The molecule has 0 aromatic heterocycles. The minimum Gasteiger partial charge on any atom is -0.366 e. The molecule has 0 saturated carbocycles. The van der Waals surface area contributed by atoms with E-state index in [0.717, 1.165) is 23.1 Å². The number of hydrogen-bond donors (Lipinski definition) is 1. The summed E-state index contributed by atoms with van der Waals surface area (Å²) in [5.74, 6) is -0.186. The van der Waals surface area contributed by atoms with Crippen molar-refractivity contribution in [3.63, 3.8) is 0 Å². The van der Waals surface area contributed by atoms with Crippen LogP contribution in [0.3, 0.4) is 0 Å². The van der Waals surface area contributed by atoms with E-state index < -0.39 is 0 Å². The van der Waals surface area contributed by atoms with E-state index in [4.69, 9.17) is 16.3 Å². The maximum atomic E-state index is 13.3. The van der Waals surface area contributed by atoms with E-state index in [-0.39, 0.29) is 42.4 Å². The van der Waals surface area contributed by atoms with Crippen molar-refractivity contribution in [2.75, 3.05) is 32.8 Å². The number of likely N-dealkylation sites (tertiary alicyclic amines) is 2. The molecule has 8 heteroatoms. The third-order valence-corrected chi connectivity index (χ3v) is 6.68. The molecule has 2 aromatic rings. The molecule has 3 amide bonds. The molecule has 2 aromatic carbocycles. The number of benzene rings is 2. The Balaban J connectivity index is 1.18. The van der Waals surface area contributed by atoms with E-state index in [0.29, 0.717) is 31.2 Å². The number of halogens is 2. The standard InChI is InChI=1S/C23H23ClFN3O3/c24-19-9-17(25)5-6-18(19)15-3-1-14(2-4-15)16-10-28(11-16)23(30)27-8-7-21-20(12-27)26-22(29)13-31-21/h1-6,9,16,20-21H,7-8,10-13H2,(H,26,29). The van der Waals surface area contributed by atoms with Gasteiger partial charge in [0.15, 0.2) is 0 Å². The summed E-state index contributed by atoms with van der Waals surface area (Å²) in [7, 11) is 0. The Morgan fingerprint density at radius 2 is 1.87 bits per heavy atom. The molecule has 0 aliphatic carbocycles. The van der Waals surface area contributed by atoms with Crippen LogP contribution in [0.2, 0.25) is 5.02 Å². The van der Waals surface area contributed by atoms with E-state index in [1.807, 2.05) is 34.1 Å². The third kappa shape index (κ3) is 4.00. The molecule has 0 bridgehead atoms. The summed E-state index contributed by atoms with van der Waals surface area (Å²) in [4.78, 5) is 28.1. The number of nitrogens with zero attached hydrogens (tertiary/aromatic N) is 2. The average Bonchev–Trinajstić information content (AvgIpc) is 2.73. The van der Waals surface area contributed by atoms with Crippen LogP contribution in [0.4, 0.5) is 9.18 Å². The first-order valence-electron chi connectivity index (χ1n) is 10.5. The fraction of sp³-hybridized carbons (Fsp3) is 0.391. The number of ether oxygens (including phenoxy) is 1. The molecule has 6 nitrogen and oxygen atoms in total. The number of nitrogens with one attached hydrogen (secondary N) is 1. The van der Waals surface area contributed by atoms with Gasteiger partial charge in [0, 0.05) is 37.7 Å². The second-order valence-corrected chi connectivity index (χ2v) is 8.80. The highest BCUT2D eigenvalue weighted by atomic mass is 35.5. The van der Waals surface area contributed by atoms with Crippen molar-refractivity contribution < 1.29 is 18.7 Å². The van der Waals surface area contributed by atoms with Gasteiger partial charge in [-0.1, -0.05) is 35.9 Å². The topological polar surface area (TPSA) is 61.9 Å². The molecule has 3 aliphatic heterocycles. The van der Waals surface area contributed by atoms with E-state index in [9.17, 15) is 14.0 Å². The van der Waals surface area contributed by atoms with Gasteiger partial charge in [-0.05, 0) is 35.7 Å². The molecule has 3 fully saturated rings. The molecule has 31 heavy (non-hydrogen) atoms. The first-order chi connectivity index (χ1) is 15.0. The predicted molar refractivity (Wildman–Crippen MR) is 114 cm³/mol. The Bertz CT molecular complexity index is 1010. The number of amides is 3. The van der Waals surface area contributed by atoms with Gasteiger partial charge in [0.25, 0.3) is 0 Å². The second kappa shape index (κ2) is 8.13. The Labute approximate surface area is 184 Å². The minimum atomic E-state index is -0.354. The van der Waals surface area contributed by atoms with Crippen LogP contribution in [0.25, 0.3) is 11.1 Å². The maximum absolute atomic E-state index is 13.3. The van der Waals surface area contributed by atoms with Crippen LogP contribution in [-0.2, 0) is 9.53 Å². The number of carbonyl (C=O) groups excluding carboxylic acids is 2. The zero-order valence-electron chi connectivity index (χ0n) is 16.9. The molecule has 5 rings (SSSR count). The number of hydrogen-bond acceptors (Lipinski definition) is 3. The number of fused-ring (bicyclic) bond motifs is 1.